The third-order valence-corrected chi connectivity index (χ3v) is 4.52. The largest absolute Gasteiger partial charge is 0.298 e. The van der Waals surface area contributed by atoms with Gasteiger partial charge in [0.25, 0.3) is 0 Å². The van der Waals surface area contributed by atoms with Gasteiger partial charge in [-0.3, -0.25) is 14.4 Å². The van der Waals surface area contributed by atoms with Crippen LogP contribution in [0.1, 0.15) is 25.8 Å². The quantitative estimate of drug-likeness (QED) is 0.635. The second-order valence-electron chi connectivity index (χ2n) is 5.96. The van der Waals surface area contributed by atoms with E-state index in [2.05, 4.69) is 0 Å². The molecule has 1 aliphatic rings. The van der Waals surface area contributed by atoms with Gasteiger partial charge in [0.1, 0.15) is 5.92 Å². The number of hydrogen-bond donors (Lipinski definition) is 0. The van der Waals surface area contributed by atoms with Crippen molar-refractivity contribution in [2.24, 2.45) is 11.3 Å². The molecule has 4 heteroatoms. The third kappa shape index (κ3) is 2.83. The first-order chi connectivity index (χ1) is 9.33. The Morgan fingerprint density at radius 1 is 1.25 bits per heavy atom. The maximum Gasteiger partial charge on any atom is 0.169 e. The van der Waals surface area contributed by atoms with E-state index >= 15 is 0 Å². The van der Waals surface area contributed by atoms with Gasteiger partial charge in [-0.05, 0) is 11.0 Å². The number of alkyl halides is 1. The molecule has 1 aromatic carbocycles. The van der Waals surface area contributed by atoms with Gasteiger partial charge in [0.05, 0.1) is 5.38 Å². The summed E-state index contributed by atoms with van der Waals surface area (Å²) in [7, 11) is 0. The van der Waals surface area contributed by atoms with E-state index in [0.717, 1.165) is 5.56 Å². The van der Waals surface area contributed by atoms with Crippen LogP contribution < -0.4 is 0 Å². The van der Waals surface area contributed by atoms with E-state index in [1.165, 1.54) is 0 Å². The average molecular weight is 293 g/mol. The van der Waals surface area contributed by atoms with E-state index in [0.29, 0.717) is 0 Å². The molecule has 0 radical (unpaired) electrons. The van der Waals surface area contributed by atoms with Gasteiger partial charge in [-0.25, -0.2) is 0 Å². The number of rotatable bonds is 3. The summed E-state index contributed by atoms with van der Waals surface area (Å²) < 4.78 is 0. The van der Waals surface area contributed by atoms with Crippen LogP contribution in [0.25, 0.3) is 0 Å². The monoisotopic (exact) mass is 292 g/mol. The molecule has 1 aromatic rings. The molecule has 1 aliphatic carbocycles. The number of hydrogen-bond acceptors (Lipinski definition) is 3. The van der Waals surface area contributed by atoms with Gasteiger partial charge in [0, 0.05) is 12.8 Å². The van der Waals surface area contributed by atoms with Gasteiger partial charge in [0.15, 0.2) is 17.3 Å². The summed E-state index contributed by atoms with van der Waals surface area (Å²) in [4.78, 5) is 36.6. The summed E-state index contributed by atoms with van der Waals surface area (Å²) in [6.07, 6.45) is 0.255. The zero-order chi connectivity index (χ0) is 14.9. The Labute approximate surface area is 123 Å². The van der Waals surface area contributed by atoms with E-state index < -0.39 is 22.5 Å². The van der Waals surface area contributed by atoms with Crippen molar-refractivity contribution in [2.45, 2.75) is 32.1 Å². The lowest BCUT2D eigenvalue weighted by molar-refractivity contribution is -0.144. The Hall–Kier alpha value is -1.48. The highest BCUT2D eigenvalue weighted by molar-refractivity contribution is 6.38. The van der Waals surface area contributed by atoms with E-state index in [1.807, 2.05) is 18.2 Å². The van der Waals surface area contributed by atoms with Gasteiger partial charge < -0.3 is 0 Å². The Kier molecular flexibility index (Phi) is 4.09. The minimum Gasteiger partial charge on any atom is -0.298 e. The maximum atomic E-state index is 12.2. The predicted octanol–water partition coefficient (Wildman–Crippen LogP) is 2.59. The molecule has 0 unspecified atom stereocenters. The lowest BCUT2D eigenvalue weighted by atomic mass is 9.69. The zero-order valence-corrected chi connectivity index (χ0v) is 12.3. The van der Waals surface area contributed by atoms with Crippen molar-refractivity contribution >= 4 is 29.0 Å². The lowest BCUT2D eigenvalue weighted by Gasteiger charge is -2.35. The van der Waals surface area contributed by atoms with E-state index in [9.17, 15) is 14.4 Å². The summed E-state index contributed by atoms with van der Waals surface area (Å²) in [5.74, 6) is -2.30. The highest BCUT2D eigenvalue weighted by Gasteiger charge is 2.49. The third-order valence-electron chi connectivity index (χ3n) is 3.72. The molecule has 3 nitrogen and oxygen atoms in total. The van der Waals surface area contributed by atoms with E-state index in [4.69, 9.17) is 11.6 Å². The van der Waals surface area contributed by atoms with Gasteiger partial charge in [0.2, 0.25) is 0 Å². The molecule has 2 atom stereocenters. The van der Waals surface area contributed by atoms with Crippen LogP contribution in [0.4, 0.5) is 0 Å². The summed E-state index contributed by atoms with van der Waals surface area (Å²) in [5.41, 5.74) is 0.216. The fourth-order valence-corrected chi connectivity index (χ4v) is 2.77. The summed E-state index contributed by atoms with van der Waals surface area (Å²) in [6.45, 7) is 3.55. The molecule has 1 fully saturated rings. The van der Waals surface area contributed by atoms with Crippen molar-refractivity contribution in [3.05, 3.63) is 35.9 Å². The molecule has 1 saturated carbocycles. The molecular weight excluding hydrogens is 276 g/mol. The maximum absolute atomic E-state index is 12.2. The van der Waals surface area contributed by atoms with Crippen LogP contribution in [0.3, 0.4) is 0 Å². The Morgan fingerprint density at radius 2 is 1.85 bits per heavy atom. The average Bonchev–Trinajstić information content (AvgIpc) is 2.37. The first kappa shape index (κ1) is 14.9. The number of carbonyl (C=O) groups excluding carboxylic acids is 3. The molecule has 0 spiro atoms. The topological polar surface area (TPSA) is 51.2 Å². The van der Waals surface area contributed by atoms with Crippen LogP contribution in [0.2, 0.25) is 0 Å². The predicted molar refractivity (Wildman–Crippen MR) is 76.7 cm³/mol. The normalized spacial score (nSPS) is 25.6. The van der Waals surface area contributed by atoms with Crippen LogP contribution in [-0.2, 0) is 20.8 Å². The van der Waals surface area contributed by atoms with Gasteiger partial charge in [-0.2, -0.15) is 0 Å². The van der Waals surface area contributed by atoms with Crippen molar-refractivity contribution in [2.75, 3.05) is 0 Å². The molecule has 0 bridgehead atoms. The van der Waals surface area contributed by atoms with E-state index in [-0.39, 0.29) is 24.4 Å². The van der Waals surface area contributed by atoms with E-state index in [1.54, 1.807) is 26.0 Å². The number of benzene rings is 1. The Balaban J connectivity index is 2.18. The van der Waals surface area contributed by atoms with Crippen LogP contribution in [-0.4, -0.2) is 22.7 Å². The molecule has 2 rings (SSSR count). The minimum absolute atomic E-state index is 0.0903. The minimum atomic E-state index is -1.19. The SMILES string of the molecule is CC1(C)CC(=O)[C@H](C(=O)Cc2ccccc2)C(=O)[C@H]1Cl. The second-order valence-corrected chi connectivity index (χ2v) is 6.39. The Morgan fingerprint density at radius 3 is 2.45 bits per heavy atom. The standard InChI is InChI=1S/C16H17ClO3/c1-16(2)9-12(19)13(14(20)15(16)17)11(18)8-10-6-4-3-5-7-10/h3-7,13,15H,8-9H2,1-2H3/t13-,15+/m0/s1. The van der Waals surface area contributed by atoms with Crippen molar-refractivity contribution in [3.63, 3.8) is 0 Å². The van der Waals surface area contributed by atoms with Crippen LogP contribution in [0, 0.1) is 11.3 Å². The van der Waals surface area contributed by atoms with Gasteiger partial charge in [-0.1, -0.05) is 44.2 Å². The van der Waals surface area contributed by atoms with Gasteiger partial charge in [-0.15, -0.1) is 11.6 Å². The highest BCUT2D eigenvalue weighted by atomic mass is 35.5. The van der Waals surface area contributed by atoms with Crippen LogP contribution >= 0.6 is 11.6 Å². The molecular formula is C16H17ClO3. The molecule has 106 valence electrons. The second kappa shape index (κ2) is 5.49. The number of carbonyl (C=O) groups is 3. The first-order valence-electron chi connectivity index (χ1n) is 6.60. The molecule has 0 aliphatic heterocycles. The molecule has 0 heterocycles. The zero-order valence-electron chi connectivity index (χ0n) is 11.6. The fraction of sp³-hybridized carbons (Fsp3) is 0.438. The van der Waals surface area contributed by atoms with Crippen molar-refractivity contribution in [1.29, 1.82) is 0 Å². The summed E-state index contributed by atoms with van der Waals surface area (Å²) in [6, 6.07) is 9.10. The lowest BCUT2D eigenvalue weighted by Crippen LogP contribution is -2.49. The van der Waals surface area contributed by atoms with Crippen molar-refractivity contribution in [1.82, 2.24) is 0 Å². The van der Waals surface area contributed by atoms with Crippen LogP contribution in [0.5, 0.6) is 0 Å². The summed E-state index contributed by atoms with van der Waals surface area (Å²) >= 11 is 6.11. The smallest absolute Gasteiger partial charge is 0.169 e. The molecule has 0 saturated heterocycles. The summed E-state index contributed by atoms with van der Waals surface area (Å²) in [5, 5.41) is -0.787. The number of Topliss-reactive ketones (excluding diaryl/α,β-unsaturated/α-hetero) is 3. The molecule has 0 amide bonds. The van der Waals surface area contributed by atoms with Crippen molar-refractivity contribution in [3.8, 4) is 0 Å². The molecule has 20 heavy (non-hydrogen) atoms. The van der Waals surface area contributed by atoms with Gasteiger partial charge >= 0.3 is 0 Å². The van der Waals surface area contributed by atoms with Crippen molar-refractivity contribution < 1.29 is 14.4 Å². The molecule has 0 aromatic heterocycles. The molecule has 0 N–H and O–H groups in total. The van der Waals surface area contributed by atoms with Crippen LogP contribution in [0.15, 0.2) is 30.3 Å². The fourth-order valence-electron chi connectivity index (χ4n) is 2.57. The first-order valence-corrected chi connectivity index (χ1v) is 7.04. The number of ketones is 3. The Bertz CT molecular complexity index is 548. The number of halogens is 1. The highest BCUT2D eigenvalue weighted by Crippen LogP contribution is 2.38.